The van der Waals surface area contributed by atoms with Crippen LogP contribution in [0.1, 0.15) is 43.9 Å². The van der Waals surface area contributed by atoms with Crippen LogP contribution in [0, 0.1) is 0 Å². The van der Waals surface area contributed by atoms with Crippen LogP contribution < -0.4 is 0 Å². The Morgan fingerprint density at radius 3 is 2.89 bits per heavy atom. The minimum atomic E-state index is -0.0723. The van der Waals surface area contributed by atoms with E-state index in [1.54, 1.807) is 11.3 Å². The topological polar surface area (TPSA) is 29.5 Å². The zero-order valence-corrected chi connectivity index (χ0v) is 12.6. The number of hydrogen-bond donors (Lipinski definition) is 0. The van der Waals surface area contributed by atoms with E-state index in [1.807, 2.05) is 0 Å². The first-order valence-electron chi connectivity index (χ1n) is 7.12. The Kier molecular flexibility index (Phi) is 5.40. The molecule has 1 unspecified atom stereocenters. The lowest BCUT2D eigenvalue weighted by Crippen LogP contribution is -2.42. The Hall–Kier alpha value is -0.870. The van der Waals surface area contributed by atoms with Crippen LogP contribution in [0.15, 0.2) is 17.5 Å². The SMILES string of the molecule is CCCCC(C(=O)OC)N(Cc1cccs1)C1CC1. The molecule has 3 nitrogen and oxygen atoms in total. The maximum atomic E-state index is 12.1. The molecule has 0 amide bonds. The molecule has 106 valence electrons. The van der Waals surface area contributed by atoms with E-state index in [0.29, 0.717) is 6.04 Å². The van der Waals surface area contributed by atoms with Crippen molar-refractivity contribution in [2.45, 2.75) is 57.7 Å². The summed E-state index contributed by atoms with van der Waals surface area (Å²) in [6.07, 6.45) is 5.53. The van der Waals surface area contributed by atoms with Crippen LogP contribution in [0.5, 0.6) is 0 Å². The van der Waals surface area contributed by atoms with Crippen molar-refractivity contribution in [3.8, 4) is 0 Å². The highest BCUT2D eigenvalue weighted by Gasteiger charge is 2.37. The number of esters is 1. The number of carbonyl (C=O) groups is 1. The Labute approximate surface area is 119 Å². The second-order valence-corrected chi connectivity index (χ2v) is 6.20. The smallest absolute Gasteiger partial charge is 0.323 e. The third-order valence-electron chi connectivity index (χ3n) is 3.64. The van der Waals surface area contributed by atoms with Gasteiger partial charge in [-0.1, -0.05) is 25.8 Å². The molecule has 0 aromatic carbocycles. The van der Waals surface area contributed by atoms with E-state index in [9.17, 15) is 4.79 Å². The van der Waals surface area contributed by atoms with Gasteiger partial charge in [0.05, 0.1) is 7.11 Å². The van der Waals surface area contributed by atoms with Crippen LogP contribution in [-0.2, 0) is 16.1 Å². The maximum absolute atomic E-state index is 12.1. The summed E-state index contributed by atoms with van der Waals surface area (Å²) in [4.78, 5) is 15.7. The fraction of sp³-hybridized carbons (Fsp3) is 0.667. The van der Waals surface area contributed by atoms with Crippen molar-refractivity contribution in [2.24, 2.45) is 0 Å². The first-order chi connectivity index (χ1) is 9.26. The summed E-state index contributed by atoms with van der Waals surface area (Å²) in [5.74, 6) is -0.0723. The predicted molar refractivity (Wildman–Crippen MR) is 78.2 cm³/mol. The zero-order valence-electron chi connectivity index (χ0n) is 11.8. The number of hydrogen-bond acceptors (Lipinski definition) is 4. The number of thiophene rings is 1. The molecule has 1 aliphatic rings. The normalized spacial score (nSPS) is 16.6. The van der Waals surface area contributed by atoms with Crippen molar-refractivity contribution in [2.75, 3.05) is 7.11 Å². The largest absolute Gasteiger partial charge is 0.468 e. The van der Waals surface area contributed by atoms with E-state index in [0.717, 1.165) is 25.8 Å². The minimum absolute atomic E-state index is 0.0699. The van der Waals surface area contributed by atoms with Crippen LogP contribution in [0.3, 0.4) is 0 Å². The fourth-order valence-electron chi connectivity index (χ4n) is 2.44. The van der Waals surface area contributed by atoms with Crippen molar-refractivity contribution >= 4 is 17.3 Å². The highest BCUT2D eigenvalue weighted by molar-refractivity contribution is 7.09. The first kappa shape index (κ1) is 14.5. The average molecular weight is 281 g/mol. The van der Waals surface area contributed by atoms with E-state index in [2.05, 4.69) is 29.3 Å². The molecule has 1 saturated carbocycles. The molecular weight excluding hydrogens is 258 g/mol. The number of unbranched alkanes of at least 4 members (excludes halogenated alkanes) is 1. The quantitative estimate of drug-likeness (QED) is 0.684. The summed E-state index contributed by atoms with van der Waals surface area (Å²) in [7, 11) is 1.50. The molecule has 0 bridgehead atoms. The van der Waals surface area contributed by atoms with Crippen LogP contribution in [-0.4, -0.2) is 30.1 Å². The van der Waals surface area contributed by atoms with Crippen molar-refractivity contribution < 1.29 is 9.53 Å². The van der Waals surface area contributed by atoms with Crippen molar-refractivity contribution in [1.82, 2.24) is 4.90 Å². The molecule has 4 heteroatoms. The van der Waals surface area contributed by atoms with Gasteiger partial charge in [-0.15, -0.1) is 11.3 Å². The number of carbonyl (C=O) groups excluding carboxylic acids is 1. The molecule has 0 N–H and O–H groups in total. The molecule has 0 radical (unpaired) electrons. The Morgan fingerprint density at radius 2 is 2.37 bits per heavy atom. The molecule has 1 aromatic heterocycles. The van der Waals surface area contributed by atoms with Gasteiger partial charge in [0.2, 0.25) is 0 Å². The van der Waals surface area contributed by atoms with Crippen molar-refractivity contribution in [3.05, 3.63) is 22.4 Å². The third kappa shape index (κ3) is 4.05. The van der Waals surface area contributed by atoms with Gasteiger partial charge in [-0.3, -0.25) is 9.69 Å². The minimum Gasteiger partial charge on any atom is -0.468 e. The second-order valence-electron chi connectivity index (χ2n) is 5.16. The van der Waals surface area contributed by atoms with Gasteiger partial charge in [-0.05, 0) is 30.7 Å². The van der Waals surface area contributed by atoms with Crippen LogP contribution in [0.2, 0.25) is 0 Å². The van der Waals surface area contributed by atoms with Gasteiger partial charge in [0.1, 0.15) is 6.04 Å². The third-order valence-corrected chi connectivity index (χ3v) is 4.50. The van der Waals surface area contributed by atoms with E-state index in [1.165, 1.54) is 24.8 Å². The summed E-state index contributed by atoms with van der Waals surface area (Å²) < 4.78 is 5.01. The molecule has 0 aliphatic heterocycles. The molecule has 1 aliphatic carbocycles. The van der Waals surface area contributed by atoms with Gasteiger partial charge in [-0.25, -0.2) is 0 Å². The fourth-order valence-corrected chi connectivity index (χ4v) is 3.15. The summed E-state index contributed by atoms with van der Waals surface area (Å²) in [6, 6.07) is 4.72. The van der Waals surface area contributed by atoms with Crippen molar-refractivity contribution in [1.29, 1.82) is 0 Å². The van der Waals surface area contributed by atoms with E-state index in [-0.39, 0.29) is 12.0 Å². The molecule has 0 saturated heterocycles. The van der Waals surface area contributed by atoms with E-state index < -0.39 is 0 Å². The average Bonchev–Trinajstić information content (AvgIpc) is 3.14. The van der Waals surface area contributed by atoms with Gasteiger partial charge in [0.15, 0.2) is 0 Å². The van der Waals surface area contributed by atoms with Crippen LogP contribution in [0.25, 0.3) is 0 Å². The number of nitrogens with zero attached hydrogens (tertiary/aromatic N) is 1. The molecule has 19 heavy (non-hydrogen) atoms. The van der Waals surface area contributed by atoms with Gasteiger partial charge < -0.3 is 4.74 Å². The van der Waals surface area contributed by atoms with Crippen molar-refractivity contribution in [3.63, 3.8) is 0 Å². The lowest BCUT2D eigenvalue weighted by molar-refractivity contribution is -0.148. The summed E-state index contributed by atoms with van der Waals surface area (Å²) in [5, 5.41) is 2.10. The van der Waals surface area contributed by atoms with Crippen LogP contribution >= 0.6 is 11.3 Å². The molecule has 1 heterocycles. The lowest BCUT2D eigenvalue weighted by atomic mass is 10.1. The highest BCUT2D eigenvalue weighted by atomic mass is 32.1. The first-order valence-corrected chi connectivity index (χ1v) is 8.00. The highest BCUT2D eigenvalue weighted by Crippen LogP contribution is 2.32. The number of ether oxygens (including phenoxy) is 1. The summed E-state index contributed by atoms with van der Waals surface area (Å²) in [6.45, 7) is 3.04. The lowest BCUT2D eigenvalue weighted by Gasteiger charge is -2.29. The maximum Gasteiger partial charge on any atom is 0.323 e. The monoisotopic (exact) mass is 281 g/mol. The van der Waals surface area contributed by atoms with Gasteiger partial charge >= 0.3 is 5.97 Å². The van der Waals surface area contributed by atoms with E-state index >= 15 is 0 Å². The second kappa shape index (κ2) is 7.06. The summed E-state index contributed by atoms with van der Waals surface area (Å²) >= 11 is 1.76. The molecular formula is C15H23NO2S. The van der Waals surface area contributed by atoms with Crippen LogP contribution in [0.4, 0.5) is 0 Å². The molecule has 2 rings (SSSR count). The molecule has 1 atom stereocenters. The van der Waals surface area contributed by atoms with Gasteiger partial charge in [0, 0.05) is 17.5 Å². The number of rotatable bonds is 8. The standard InChI is InChI=1S/C15H23NO2S/c1-3-4-7-14(15(17)18-2)16(12-8-9-12)11-13-6-5-10-19-13/h5-6,10,12,14H,3-4,7-9,11H2,1-2H3. The predicted octanol–water partition coefficient (Wildman–Crippen LogP) is 3.44. The van der Waals surface area contributed by atoms with E-state index in [4.69, 9.17) is 4.74 Å². The molecule has 1 aromatic rings. The number of methoxy groups -OCH3 is 1. The molecule has 0 spiro atoms. The van der Waals surface area contributed by atoms with Gasteiger partial charge in [0.25, 0.3) is 0 Å². The Balaban J connectivity index is 2.06. The van der Waals surface area contributed by atoms with Gasteiger partial charge in [-0.2, -0.15) is 0 Å². The Bertz CT molecular complexity index is 387. The zero-order chi connectivity index (χ0) is 13.7. The Morgan fingerprint density at radius 1 is 1.58 bits per heavy atom. The summed E-state index contributed by atoms with van der Waals surface area (Å²) in [5.41, 5.74) is 0. The molecule has 1 fully saturated rings.